The van der Waals surface area contributed by atoms with E-state index in [1.54, 1.807) is 0 Å². The molecule has 0 aromatic carbocycles. The van der Waals surface area contributed by atoms with Crippen LogP contribution in [-0.2, 0) is 16.0 Å². The number of aromatic nitrogens is 1. The summed E-state index contributed by atoms with van der Waals surface area (Å²) in [6.07, 6.45) is 3.36. The Morgan fingerprint density at radius 1 is 1.29 bits per heavy atom. The summed E-state index contributed by atoms with van der Waals surface area (Å²) in [4.78, 5) is 16.8. The molecule has 0 saturated heterocycles. The van der Waals surface area contributed by atoms with Crippen molar-refractivity contribution >= 4 is 5.97 Å². The van der Waals surface area contributed by atoms with E-state index in [-0.39, 0.29) is 11.9 Å². The van der Waals surface area contributed by atoms with Crippen molar-refractivity contribution in [1.29, 1.82) is 0 Å². The highest BCUT2D eigenvalue weighted by Gasteiger charge is 2.38. The second-order valence-electron chi connectivity index (χ2n) is 6.88. The summed E-state index contributed by atoms with van der Waals surface area (Å²) in [6, 6.07) is 4.01. The number of aryl methyl sites for hydroxylation is 1. The van der Waals surface area contributed by atoms with Crippen LogP contribution in [0.4, 0.5) is 0 Å². The molecule has 0 amide bonds. The molecule has 0 spiro atoms. The lowest BCUT2D eigenvalue weighted by Gasteiger charge is -2.32. The molecule has 0 bridgehead atoms. The van der Waals surface area contributed by atoms with Crippen molar-refractivity contribution in [1.82, 2.24) is 4.98 Å². The minimum Gasteiger partial charge on any atom is -0.465 e. The maximum Gasteiger partial charge on any atom is 0.312 e. The molecule has 3 nitrogen and oxygen atoms in total. The Labute approximate surface area is 129 Å². The van der Waals surface area contributed by atoms with E-state index in [0.717, 1.165) is 17.7 Å². The molecule has 0 aliphatic carbocycles. The molecule has 1 aromatic heterocycles. The van der Waals surface area contributed by atoms with Gasteiger partial charge in [-0.2, -0.15) is 0 Å². The van der Waals surface area contributed by atoms with Gasteiger partial charge >= 0.3 is 5.97 Å². The monoisotopic (exact) mass is 291 g/mol. The third-order valence-corrected chi connectivity index (χ3v) is 4.14. The molecule has 0 saturated carbocycles. The summed E-state index contributed by atoms with van der Waals surface area (Å²) in [5.74, 6) is 0.659. The molecule has 118 valence electrons. The van der Waals surface area contributed by atoms with Gasteiger partial charge in [-0.15, -0.1) is 0 Å². The molecule has 0 fully saturated rings. The van der Waals surface area contributed by atoms with Gasteiger partial charge in [0.05, 0.1) is 12.0 Å². The predicted octanol–water partition coefficient (Wildman–Crippen LogP) is 4.18. The molecule has 0 radical (unpaired) electrons. The van der Waals surface area contributed by atoms with E-state index in [1.807, 2.05) is 32.2 Å². The third kappa shape index (κ3) is 5.14. The molecular formula is C18H29NO2. The van der Waals surface area contributed by atoms with Crippen LogP contribution in [0.1, 0.15) is 52.3 Å². The number of carbonyl (C=O) groups excluding carboxylic acids is 1. The summed E-state index contributed by atoms with van der Waals surface area (Å²) < 4.78 is 5.52. The number of ether oxygens (including phenoxy) is 1. The number of rotatable bonds is 7. The van der Waals surface area contributed by atoms with Crippen molar-refractivity contribution < 1.29 is 9.53 Å². The van der Waals surface area contributed by atoms with Crippen LogP contribution >= 0.6 is 0 Å². The van der Waals surface area contributed by atoms with Gasteiger partial charge in [-0.05, 0) is 43.7 Å². The van der Waals surface area contributed by atoms with Crippen LogP contribution in [0, 0.1) is 24.2 Å². The zero-order valence-electron chi connectivity index (χ0n) is 14.3. The first-order valence-corrected chi connectivity index (χ1v) is 7.84. The van der Waals surface area contributed by atoms with Crippen LogP contribution in [0.5, 0.6) is 0 Å². The van der Waals surface area contributed by atoms with Crippen molar-refractivity contribution in [2.45, 2.75) is 54.4 Å². The quantitative estimate of drug-likeness (QED) is 0.707. The van der Waals surface area contributed by atoms with E-state index in [4.69, 9.17) is 4.74 Å². The molecule has 1 heterocycles. The molecular weight excluding hydrogens is 262 g/mol. The maximum atomic E-state index is 12.4. The van der Waals surface area contributed by atoms with E-state index < -0.39 is 5.41 Å². The molecule has 0 N–H and O–H groups in total. The third-order valence-electron chi connectivity index (χ3n) is 4.14. The normalized spacial score (nSPS) is 14.3. The number of hydrogen-bond donors (Lipinski definition) is 0. The van der Waals surface area contributed by atoms with Crippen LogP contribution in [-0.4, -0.2) is 17.6 Å². The standard InChI is InChI=1S/C18H29NO2/c1-13(2)11-18(6,14(3)4)17(20)21-10-9-16-8-7-15(5)12-19-16/h7-8,12-14H,9-11H2,1-6H3. The van der Waals surface area contributed by atoms with Gasteiger partial charge in [0.2, 0.25) is 0 Å². The van der Waals surface area contributed by atoms with Crippen LogP contribution in [0.25, 0.3) is 0 Å². The van der Waals surface area contributed by atoms with Gasteiger partial charge in [0.1, 0.15) is 0 Å². The molecule has 1 unspecified atom stereocenters. The molecule has 0 aliphatic rings. The average Bonchev–Trinajstić information content (AvgIpc) is 2.39. The van der Waals surface area contributed by atoms with Crippen molar-refractivity contribution in [2.75, 3.05) is 6.61 Å². The minimum absolute atomic E-state index is 0.0849. The number of nitrogens with zero attached hydrogens (tertiary/aromatic N) is 1. The van der Waals surface area contributed by atoms with Crippen molar-refractivity contribution in [3.05, 3.63) is 29.6 Å². The Hall–Kier alpha value is -1.38. The zero-order valence-corrected chi connectivity index (χ0v) is 14.3. The van der Waals surface area contributed by atoms with Gasteiger partial charge in [-0.25, -0.2) is 0 Å². The summed E-state index contributed by atoms with van der Waals surface area (Å²) in [5, 5.41) is 0. The molecule has 1 rings (SSSR count). The first kappa shape index (κ1) is 17.7. The minimum atomic E-state index is -0.408. The van der Waals surface area contributed by atoms with Gasteiger partial charge in [0.15, 0.2) is 0 Å². The molecule has 21 heavy (non-hydrogen) atoms. The van der Waals surface area contributed by atoms with Gasteiger partial charge in [-0.3, -0.25) is 9.78 Å². The van der Waals surface area contributed by atoms with E-state index in [0.29, 0.717) is 18.9 Å². The Morgan fingerprint density at radius 3 is 2.43 bits per heavy atom. The summed E-state index contributed by atoms with van der Waals surface area (Å²) >= 11 is 0. The molecule has 1 atom stereocenters. The summed E-state index contributed by atoms with van der Waals surface area (Å²) in [5.41, 5.74) is 1.69. The fourth-order valence-electron chi connectivity index (χ4n) is 2.46. The lowest BCUT2D eigenvalue weighted by atomic mass is 9.73. The maximum absolute atomic E-state index is 12.4. The van der Waals surface area contributed by atoms with Crippen LogP contribution < -0.4 is 0 Å². The van der Waals surface area contributed by atoms with Crippen LogP contribution in [0.2, 0.25) is 0 Å². The lowest BCUT2D eigenvalue weighted by molar-refractivity contribution is -0.158. The van der Waals surface area contributed by atoms with E-state index in [9.17, 15) is 4.79 Å². The number of carbonyl (C=O) groups is 1. The highest BCUT2D eigenvalue weighted by atomic mass is 16.5. The second-order valence-corrected chi connectivity index (χ2v) is 6.88. The molecule has 3 heteroatoms. The average molecular weight is 291 g/mol. The predicted molar refractivity (Wildman–Crippen MR) is 86.0 cm³/mol. The van der Waals surface area contributed by atoms with E-state index >= 15 is 0 Å². The fourth-order valence-corrected chi connectivity index (χ4v) is 2.46. The second kappa shape index (κ2) is 7.58. The van der Waals surface area contributed by atoms with Crippen molar-refractivity contribution in [3.8, 4) is 0 Å². The fraction of sp³-hybridized carbons (Fsp3) is 0.667. The van der Waals surface area contributed by atoms with Gasteiger partial charge in [0, 0.05) is 18.3 Å². The Kier molecular flexibility index (Phi) is 6.38. The number of esters is 1. The first-order valence-electron chi connectivity index (χ1n) is 7.84. The molecule has 0 aliphatic heterocycles. The van der Waals surface area contributed by atoms with E-state index in [2.05, 4.69) is 32.7 Å². The Bertz CT molecular complexity index is 451. The smallest absolute Gasteiger partial charge is 0.312 e. The Balaban J connectivity index is 2.56. The number of hydrogen-bond acceptors (Lipinski definition) is 3. The SMILES string of the molecule is Cc1ccc(CCOC(=O)C(C)(CC(C)C)C(C)C)nc1. The highest BCUT2D eigenvalue weighted by molar-refractivity contribution is 5.76. The van der Waals surface area contributed by atoms with Gasteiger partial charge < -0.3 is 4.74 Å². The van der Waals surface area contributed by atoms with Crippen molar-refractivity contribution in [3.63, 3.8) is 0 Å². The van der Waals surface area contributed by atoms with Crippen LogP contribution in [0.15, 0.2) is 18.3 Å². The lowest BCUT2D eigenvalue weighted by Crippen LogP contribution is -2.36. The highest BCUT2D eigenvalue weighted by Crippen LogP contribution is 2.35. The summed E-state index contributed by atoms with van der Waals surface area (Å²) in [6.45, 7) is 12.9. The zero-order chi connectivity index (χ0) is 16.0. The van der Waals surface area contributed by atoms with Crippen molar-refractivity contribution in [2.24, 2.45) is 17.3 Å². The number of pyridine rings is 1. The first-order chi connectivity index (χ1) is 9.75. The van der Waals surface area contributed by atoms with Crippen LogP contribution in [0.3, 0.4) is 0 Å². The molecule has 1 aromatic rings. The summed E-state index contributed by atoms with van der Waals surface area (Å²) in [7, 11) is 0. The van der Waals surface area contributed by atoms with Gasteiger partial charge in [-0.1, -0.05) is 33.8 Å². The van der Waals surface area contributed by atoms with E-state index in [1.165, 1.54) is 0 Å². The topological polar surface area (TPSA) is 39.2 Å². The van der Waals surface area contributed by atoms with Gasteiger partial charge in [0.25, 0.3) is 0 Å². The Morgan fingerprint density at radius 2 is 1.95 bits per heavy atom. The largest absolute Gasteiger partial charge is 0.465 e.